The van der Waals surface area contributed by atoms with E-state index in [1.165, 1.54) is 11.8 Å². The zero-order valence-corrected chi connectivity index (χ0v) is 15.8. The third kappa shape index (κ3) is 3.90. The van der Waals surface area contributed by atoms with E-state index in [0.29, 0.717) is 29.5 Å². The molecule has 2 unspecified atom stereocenters. The van der Waals surface area contributed by atoms with Gasteiger partial charge in [-0.1, -0.05) is 23.7 Å². The maximum absolute atomic E-state index is 13.2. The molecule has 2 atom stereocenters. The summed E-state index contributed by atoms with van der Waals surface area (Å²) in [5.74, 6) is 0.00448. The van der Waals surface area contributed by atoms with Crippen molar-refractivity contribution in [3.05, 3.63) is 59.0 Å². The lowest BCUT2D eigenvalue weighted by Gasteiger charge is -2.28. The number of rotatable bonds is 6. The van der Waals surface area contributed by atoms with Gasteiger partial charge in [-0.2, -0.15) is 0 Å². The first-order valence-corrected chi connectivity index (χ1v) is 9.53. The van der Waals surface area contributed by atoms with Gasteiger partial charge in [0.25, 0.3) is 5.91 Å². The number of ether oxygens (including phenoxy) is 1. The molecule has 6 nitrogen and oxygen atoms in total. The Morgan fingerprint density at radius 1 is 1.38 bits per heavy atom. The maximum atomic E-state index is 13.2. The van der Waals surface area contributed by atoms with Gasteiger partial charge in [0.2, 0.25) is 5.91 Å². The number of carbonyl (C=O) groups excluding carboxylic acids is 2. The number of methoxy groups -OCH3 is 1. The summed E-state index contributed by atoms with van der Waals surface area (Å²) in [7, 11) is 1.57. The Morgan fingerprint density at radius 2 is 2.19 bits per heavy atom. The van der Waals surface area contributed by atoms with Crippen molar-refractivity contribution in [2.75, 3.05) is 26.0 Å². The fraction of sp³-hybridized carbons (Fsp3) is 0.333. The number of hydrogen-bond acceptors (Lipinski definition) is 5. The van der Waals surface area contributed by atoms with Crippen LogP contribution in [0.15, 0.2) is 47.3 Å². The number of benzene rings is 1. The first-order chi connectivity index (χ1) is 12.6. The molecule has 0 radical (unpaired) electrons. The number of thioether (sulfide) groups is 1. The van der Waals surface area contributed by atoms with Gasteiger partial charge >= 0.3 is 0 Å². The molecular formula is C18H19ClN2O4S. The molecular weight excluding hydrogens is 376 g/mol. The van der Waals surface area contributed by atoms with Crippen LogP contribution in [0.2, 0.25) is 5.02 Å². The van der Waals surface area contributed by atoms with Crippen LogP contribution >= 0.6 is 23.4 Å². The molecule has 3 rings (SSSR count). The molecule has 0 saturated carbocycles. The van der Waals surface area contributed by atoms with E-state index in [1.54, 1.807) is 54.9 Å². The van der Waals surface area contributed by atoms with Crippen LogP contribution in [-0.4, -0.2) is 48.8 Å². The molecule has 2 heterocycles. The number of furan rings is 1. The van der Waals surface area contributed by atoms with E-state index in [9.17, 15) is 9.59 Å². The molecule has 26 heavy (non-hydrogen) atoms. The summed E-state index contributed by atoms with van der Waals surface area (Å²) in [4.78, 5) is 27.4. The minimum absolute atomic E-state index is 0.207. The highest BCUT2D eigenvalue weighted by molar-refractivity contribution is 7.99. The zero-order chi connectivity index (χ0) is 18.5. The summed E-state index contributed by atoms with van der Waals surface area (Å²) >= 11 is 7.73. The summed E-state index contributed by atoms with van der Waals surface area (Å²) in [5.41, 5.74) is 1.21. The molecule has 1 aliphatic rings. The number of carbonyl (C=O) groups is 2. The molecule has 0 aliphatic carbocycles. The van der Waals surface area contributed by atoms with E-state index in [0.717, 1.165) is 5.56 Å². The Labute approximate surface area is 160 Å². The largest absolute Gasteiger partial charge is 0.472 e. The first-order valence-electron chi connectivity index (χ1n) is 8.11. The van der Waals surface area contributed by atoms with Gasteiger partial charge in [-0.15, -0.1) is 11.8 Å². The van der Waals surface area contributed by atoms with Crippen LogP contribution in [0.3, 0.4) is 0 Å². The minimum atomic E-state index is -0.597. The Morgan fingerprint density at radius 3 is 2.88 bits per heavy atom. The fourth-order valence-electron chi connectivity index (χ4n) is 2.80. The highest BCUT2D eigenvalue weighted by Crippen LogP contribution is 2.42. The smallest absolute Gasteiger partial charge is 0.257 e. The average molecular weight is 395 g/mol. The number of nitrogens with one attached hydrogen (secondary N) is 1. The average Bonchev–Trinajstić information content (AvgIpc) is 3.31. The summed E-state index contributed by atoms with van der Waals surface area (Å²) < 4.78 is 10.1. The van der Waals surface area contributed by atoms with Gasteiger partial charge in [-0.3, -0.25) is 9.59 Å². The lowest BCUT2D eigenvalue weighted by atomic mass is 10.1. The normalized spacial score (nSPS) is 19.5. The second-order valence-electron chi connectivity index (χ2n) is 5.73. The van der Waals surface area contributed by atoms with E-state index >= 15 is 0 Å². The monoisotopic (exact) mass is 394 g/mol. The van der Waals surface area contributed by atoms with Crippen molar-refractivity contribution in [3.63, 3.8) is 0 Å². The second-order valence-corrected chi connectivity index (χ2v) is 7.25. The molecule has 0 spiro atoms. The van der Waals surface area contributed by atoms with Crippen LogP contribution in [0.5, 0.6) is 0 Å². The van der Waals surface area contributed by atoms with Gasteiger partial charge in [0, 0.05) is 25.0 Å². The summed E-state index contributed by atoms with van der Waals surface area (Å²) in [5, 5.41) is 2.87. The third-order valence-corrected chi connectivity index (χ3v) is 5.73. The van der Waals surface area contributed by atoms with Crippen LogP contribution in [0.25, 0.3) is 0 Å². The Kier molecular flexibility index (Phi) is 6.24. The number of hydrogen-bond donors (Lipinski definition) is 1. The van der Waals surface area contributed by atoms with Gasteiger partial charge in [0.15, 0.2) is 0 Å². The fourth-order valence-corrected chi connectivity index (χ4v) is 4.42. The van der Waals surface area contributed by atoms with Gasteiger partial charge in [-0.05, 0) is 18.2 Å². The van der Waals surface area contributed by atoms with Crippen molar-refractivity contribution in [3.8, 4) is 0 Å². The second kappa shape index (κ2) is 8.62. The number of nitrogens with zero attached hydrogens (tertiary/aromatic N) is 1. The van der Waals surface area contributed by atoms with Gasteiger partial charge in [0.1, 0.15) is 11.4 Å². The van der Waals surface area contributed by atoms with Crippen molar-refractivity contribution < 1.29 is 18.7 Å². The predicted molar refractivity (Wildman–Crippen MR) is 100 cm³/mol. The summed E-state index contributed by atoms with van der Waals surface area (Å²) in [6, 6.07) is 8.05. The van der Waals surface area contributed by atoms with Gasteiger partial charge < -0.3 is 19.4 Å². The van der Waals surface area contributed by atoms with E-state index in [4.69, 9.17) is 20.8 Å². The predicted octanol–water partition coefficient (Wildman–Crippen LogP) is 2.95. The number of amides is 2. The van der Waals surface area contributed by atoms with Crippen molar-refractivity contribution in [1.29, 1.82) is 0 Å². The van der Waals surface area contributed by atoms with E-state index in [1.807, 2.05) is 0 Å². The van der Waals surface area contributed by atoms with Gasteiger partial charge in [0.05, 0.1) is 29.7 Å². The maximum Gasteiger partial charge on any atom is 0.257 e. The minimum Gasteiger partial charge on any atom is -0.472 e. The van der Waals surface area contributed by atoms with Crippen molar-refractivity contribution in [2.24, 2.45) is 0 Å². The van der Waals surface area contributed by atoms with Crippen LogP contribution in [0, 0.1) is 0 Å². The zero-order valence-electron chi connectivity index (χ0n) is 14.2. The molecule has 138 valence electrons. The number of halogens is 1. The van der Waals surface area contributed by atoms with Crippen LogP contribution in [-0.2, 0) is 9.53 Å². The topological polar surface area (TPSA) is 71.8 Å². The standard InChI is InChI=1S/C18H19ClN2O4S/c1-24-9-7-20-16(22)15-11-26-18(12-6-8-25-10-12)21(15)17(23)13-4-2-3-5-14(13)19/h2-6,8,10,15,18H,7,9,11H2,1H3,(H,20,22). The van der Waals surface area contributed by atoms with E-state index < -0.39 is 6.04 Å². The van der Waals surface area contributed by atoms with Crippen LogP contribution in [0.4, 0.5) is 0 Å². The van der Waals surface area contributed by atoms with Crippen molar-refractivity contribution in [2.45, 2.75) is 11.4 Å². The van der Waals surface area contributed by atoms with Crippen LogP contribution in [0.1, 0.15) is 21.3 Å². The van der Waals surface area contributed by atoms with E-state index in [2.05, 4.69) is 5.32 Å². The summed E-state index contributed by atoms with van der Waals surface area (Å²) in [6.07, 6.45) is 3.15. The lowest BCUT2D eigenvalue weighted by Crippen LogP contribution is -2.48. The Balaban J connectivity index is 1.88. The quantitative estimate of drug-likeness (QED) is 0.762. The highest BCUT2D eigenvalue weighted by Gasteiger charge is 2.43. The molecule has 1 aliphatic heterocycles. The van der Waals surface area contributed by atoms with E-state index in [-0.39, 0.29) is 17.2 Å². The molecule has 8 heteroatoms. The molecule has 2 amide bonds. The summed E-state index contributed by atoms with van der Waals surface area (Å²) in [6.45, 7) is 0.802. The Bertz CT molecular complexity index is 768. The first kappa shape index (κ1) is 18.8. The van der Waals surface area contributed by atoms with Gasteiger partial charge in [-0.25, -0.2) is 0 Å². The molecule has 1 aromatic heterocycles. The molecule has 1 fully saturated rings. The third-order valence-electron chi connectivity index (χ3n) is 4.08. The lowest BCUT2D eigenvalue weighted by molar-refractivity contribution is -0.125. The van der Waals surface area contributed by atoms with Crippen LogP contribution < -0.4 is 5.32 Å². The van der Waals surface area contributed by atoms with Crippen molar-refractivity contribution in [1.82, 2.24) is 10.2 Å². The molecule has 1 saturated heterocycles. The SMILES string of the molecule is COCCNC(=O)C1CSC(c2ccoc2)N1C(=O)c1ccccc1Cl. The molecule has 1 N–H and O–H groups in total. The molecule has 0 bridgehead atoms. The molecule has 2 aromatic rings. The Hall–Kier alpha value is -1.96. The molecule has 1 aromatic carbocycles. The highest BCUT2D eigenvalue weighted by atomic mass is 35.5. The van der Waals surface area contributed by atoms with Crippen molar-refractivity contribution >= 4 is 35.2 Å².